The van der Waals surface area contributed by atoms with Gasteiger partial charge in [0.15, 0.2) is 5.13 Å². The van der Waals surface area contributed by atoms with Gasteiger partial charge in [-0.15, -0.1) is 11.3 Å². The number of nitrogens with zero attached hydrogens (tertiary/aromatic N) is 1. The van der Waals surface area contributed by atoms with E-state index in [4.69, 9.17) is 0 Å². The van der Waals surface area contributed by atoms with E-state index in [2.05, 4.69) is 35.8 Å². The molecular weight excluding hydrogens is 236 g/mol. The maximum Gasteiger partial charge on any atom is 0.311 e. The van der Waals surface area contributed by atoms with Crippen LogP contribution in [0.4, 0.5) is 5.13 Å². The van der Waals surface area contributed by atoms with Gasteiger partial charge in [0.25, 0.3) is 0 Å². The Morgan fingerprint density at radius 3 is 2.71 bits per heavy atom. The number of methoxy groups -OCH3 is 1. The molecule has 1 rings (SSSR count). The van der Waals surface area contributed by atoms with Crippen molar-refractivity contribution in [2.24, 2.45) is 0 Å². The van der Waals surface area contributed by atoms with Crippen LogP contribution < -0.4 is 5.32 Å². The zero-order valence-corrected chi connectivity index (χ0v) is 11.7. The quantitative estimate of drug-likeness (QED) is 0.795. The molecule has 0 unspecified atom stereocenters. The fourth-order valence-electron chi connectivity index (χ4n) is 1.35. The molecule has 5 heteroatoms. The Labute approximate surface area is 106 Å². The minimum absolute atomic E-state index is 0.0698. The molecular formula is C12H20N2O2S. The Kier molecular flexibility index (Phi) is 4.93. The minimum atomic E-state index is -0.254. The van der Waals surface area contributed by atoms with E-state index in [1.165, 1.54) is 18.4 Å². The summed E-state index contributed by atoms with van der Waals surface area (Å²) in [5.41, 5.74) is 0.833. The number of nitrogens with one attached hydrogen (secondary N) is 1. The summed E-state index contributed by atoms with van der Waals surface area (Å²) >= 11 is 1.53. The first kappa shape index (κ1) is 14.0. The van der Waals surface area contributed by atoms with Crippen molar-refractivity contribution in [3.63, 3.8) is 0 Å². The average molecular weight is 256 g/mol. The SMILES string of the molecule is CCC(C)(CC)Nc1nc(CC(=O)OC)cs1. The number of carbonyl (C=O) groups excluding carboxylic acids is 1. The summed E-state index contributed by atoms with van der Waals surface area (Å²) in [5.74, 6) is -0.254. The highest BCUT2D eigenvalue weighted by atomic mass is 32.1. The number of hydrogen-bond donors (Lipinski definition) is 1. The Bertz CT molecular complexity index is 372. The van der Waals surface area contributed by atoms with Crippen molar-refractivity contribution in [2.45, 2.75) is 45.6 Å². The van der Waals surface area contributed by atoms with Crippen molar-refractivity contribution in [2.75, 3.05) is 12.4 Å². The predicted octanol–water partition coefficient (Wildman–Crippen LogP) is 2.85. The summed E-state index contributed by atoms with van der Waals surface area (Å²) in [6.07, 6.45) is 2.31. The van der Waals surface area contributed by atoms with Gasteiger partial charge in [-0.2, -0.15) is 0 Å². The van der Waals surface area contributed by atoms with Crippen LogP contribution in [0.3, 0.4) is 0 Å². The Hall–Kier alpha value is -1.10. The smallest absolute Gasteiger partial charge is 0.311 e. The van der Waals surface area contributed by atoms with Crippen molar-refractivity contribution in [1.82, 2.24) is 4.98 Å². The fraction of sp³-hybridized carbons (Fsp3) is 0.667. The summed E-state index contributed by atoms with van der Waals surface area (Å²) in [7, 11) is 1.39. The van der Waals surface area contributed by atoms with Crippen LogP contribution in [0.5, 0.6) is 0 Å². The molecule has 0 radical (unpaired) electrons. The number of esters is 1. The molecule has 0 atom stereocenters. The number of hydrogen-bond acceptors (Lipinski definition) is 5. The van der Waals surface area contributed by atoms with E-state index < -0.39 is 0 Å². The van der Waals surface area contributed by atoms with Gasteiger partial charge < -0.3 is 10.1 Å². The molecule has 17 heavy (non-hydrogen) atoms. The first-order valence-electron chi connectivity index (χ1n) is 5.82. The van der Waals surface area contributed by atoms with Crippen LogP contribution in [0.2, 0.25) is 0 Å². The third-order valence-electron chi connectivity index (χ3n) is 3.07. The fourth-order valence-corrected chi connectivity index (χ4v) is 2.21. The molecule has 0 aliphatic heterocycles. The molecule has 1 aromatic rings. The van der Waals surface area contributed by atoms with E-state index in [0.717, 1.165) is 23.7 Å². The van der Waals surface area contributed by atoms with Crippen LogP contribution in [0.15, 0.2) is 5.38 Å². The molecule has 1 heterocycles. The van der Waals surface area contributed by atoms with E-state index in [9.17, 15) is 4.79 Å². The second kappa shape index (κ2) is 6.00. The van der Waals surface area contributed by atoms with E-state index in [1.54, 1.807) is 0 Å². The van der Waals surface area contributed by atoms with E-state index >= 15 is 0 Å². The minimum Gasteiger partial charge on any atom is -0.469 e. The highest BCUT2D eigenvalue weighted by Crippen LogP contribution is 2.24. The normalized spacial score (nSPS) is 11.3. The highest BCUT2D eigenvalue weighted by molar-refractivity contribution is 7.13. The van der Waals surface area contributed by atoms with Crippen molar-refractivity contribution in [1.29, 1.82) is 0 Å². The van der Waals surface area contributed by atoms with E-state index in [0.29, 0.717) is 0 Å². The van der Waals surface area contributed by atoms with Crippen LogP contribution >= 0.6 is 11.3 Å². The second-order valence-corrected chi connectivity index (χ2v) is 5.15. The largest absolute Gasteiger partial charge is 0.469 e. The predicted molar refractivity (Wildman–Crippen MR) is 70.4 cm³/mol. The van der Waals surface area contributed by atoms with Gasteiger partial charge >= 0.3 is 5.97 Å². The number of rotatable bonds is 6. The standard InChI is InChI=1S/C12H20N2O2S/c1-5-12(3,6-2)14-11-13-9(8-17-11)7-10(15)16-4/h8H,5-7H2,1-4H3,(H,13,14). The lowest BCUT2D eigenvalue weighted by Crippen LogP contribution is -2.32. The zero-order valence-electron chi connectivity index (χ0n) is 10.9. The molecule has 1 N–H and O–H groups in total. The highest BCUT2D eigenvalue weighted by Gasteiger charge is 2.20. The third kappa shape index (κ3) is 4.00. The molecule has 0 aliphatic carbocycles. The molecule has 0 aromatic carbocycles. The van der Waals surface area contributed by atoms with Gasteiger partial charge in [-0.25, -0.2) is 4.98 Å². The van der Waals surface area contributed by atoms with Gasteiger partial charge in [-0.1, -0.05) is 13.8 Å². The van der Waals surface area contributed by atoms with Gasteiger partial charge in [0.05, 0.1) is 19.2 Å². The van der Waals surface area contributed by atoms with Crippen LogP contribution in [-0.4, -0.2) is 23.6 Å². The Morgan fingerprint density at radius 1 is 1.53 bits per heavy atom. The van der Waals surface area contributed by atoms with Gasteiger partial charge in [0.1, 0.15) is 0 Å². The van der Waals surface area contributed by atoms with Gasteiger partial charge in [-0.05, 0) is 19.8 Å². The molecule has 0 spiro atoms. The van der Waals surface area contributed by atoms with Crippen LogP contribution in [0.25, 0.3) is 0 Å². The number of carbonyl (C=O) groups is 1. The van der Waals surface area contributed by atoms with Crippen molar-refractivity contribution >= 4 is 22.4 Å². The monoisotopic (exact) mass is 256 g/mol. The van der Waals surface area contributed by atoms with E-state index in [1.807, 2.05) is 5.38 Å². The first-order chi connectivity index (χ1) is 8.03. The molecule has 0 saturated heterocycles. The maximum atomic E-state index is 11.1. The summed E-state index contributed by atoms with van der Waals surface area (Å²) in [6.45, 7) is 6.48. The number of ether oxygens (including phenoxy) is 1. The van der Waals surface area contributed by atoms with Crippen molar-refractivity contribution in [3.05, 3.63) is 11.1 Å². The summed E-state index contributed by atoms with van der Waals surface area (Å²) < 4.78 is 4.61. The molecule has 4 nitrogen and oxygen atoms in total. The topological polar surface area (TPSA) is 51.2 Å². The molecule has 0 fully saturated rings. The zero-order chi connectivity index (χ0) is 12.9. The van der Waals surface area contributed by atoms with Crippen LogP contribution in [-0.2, 0) is 16.0 Å². The number of thiazole rings is 1. The molecule has 1 aromatic heterocycles. The van der Waals surface area contributed by atoms with Gasteiger partial charge in [0, 0.05) is 10.9 Å². The Balaban J connectivity index is 2.65. The third-order valence-corrected chi connectivity index (χ3v) is 3.88. The molecule has 0 bridgehead atoms. The summed E-state index contributed by atoms with van der Waals surface area (Å²) in [5, 5.41) is 6.19. The van der Waals surface area contributed by atoms with Gasteiger partial charge in [0.2, 0.25) is 0 Å². The lowest BCUT2D eigenvalue weighted by Gasteiger charge is -2.27. The van der Waals surface area contributed by atoms with E-state index in [-0.39, 0.29) is 17.9 Å². The van der Waals surface area contributed by atoms with Gasteiger partial charge in [-0.3, -0.25) is 4.79 Å². The Morgan fingerprint density at radius 2 is 2.18 bits per heavy atom. The second-order valence-electron chi connectivity index (χ2n) is 4.29. The molecule has 0 aliphatic rings. The molecule has 0 amide bonds. The number of anilines is 1. The maximum absolute atomic E-state index is 11.1. The molecule has 96 valence electrons. The lowest BCUT2D eigenvalue weighted by molar-refractivity contribution is -0.139. The lowest BCUT2D eigenvalue weighted by atomic mass is 9.96. The van der Waals surface area contributed by atoms with Crippen molar-refractivity contribution in [3.8, 4) is 0 Å². The molecule has 0 saturated carbocycles. The average Bonchev–Trinajstić information content (AvgIpc) is 2.75. The van der Waals surface area contributed by atoms with Crippen LogP contribution in [0, 0.1) is 0 Å². The first-order valence-corrected chi connectivity index (χ1v) is 6.70. The number of aromatic nitrogens is 1. The van der Waals surface area contributed by atoms with Crippen molar-refractivity contribution < 1.29 is 9.53 Å². The van der Waals surface area contributed by atoms with Crippen LogP contribution in [0.1, 0.15) is 39.3 Å². The summed E-state index contributed by atoms with van der Waals surface area (Å²) in [6, 6.07) is 0. The summed E-state index contributed by atoms with van der Waals surface area (Å²) in [4.78, 5) is 15.5.